The molecule has 0 radical (unpaired) electrons. The van der Waals surface area contributed by atoms with Crippen LogP contribution in [0.5, 0.6) is 0 Å². The Labute approximate surface area is 130 Å². The van der Waals surface area contributed by atoms with E-state index in [0.717, 1.165) is 35.7 Å². The van der Waals surface area contributed by atoms with Gasteiger partial charge in [0.1, 0.15) is 10.6 Å². The van der Waals surface area contributed by atoms with Gasteiger partial charge in [-0.3, -0.25) is 0 Å². The summed E-state index contributed by atoms with van der Waals surface area (Å²) in [6.07, 6.45) is 0. The summed E-state index contributed by atoms with van der Waals surface area (Å²) in [5.74, 6) is 1.59. The first-order valence-corrected chi connectivity index (χ1v) is 8.33. The van der Waals surface area contributed by atoms with E-state index in [4.69, 9.17) is 0 Å². The Hall–Kier alpha value is -1.40. The van der Waals surface area contributed by atoms with Crippen LogP contribution < -0.4 is 10.6 Å². The molecule has 0 saturated heterocycles. The van der Waals surface area contributed by atoms with Crippen LogP contribution in [0.4, 0.5) is 11.8 Å². The van der Waals surface area contributed by atoms with Crippen LogP contribution in [0.25, 0.3) is 10.2 Å². The lowest BCUT2D eigenvalue weighted by atomic mass is 10.2. The van der Waals surface area contributed by atoms with E-state index in [2.05, 4.69) is 59.3 Å². The maximum atomic E-state index is 4.59. The van der Waals surface area contributed by atoms with E-state index in [0.29, 0.717) is 12.0 Å². The number of aryl methyl sites for hydroxylation is 1. The number of hydrogen-bond acceptors (Lipinski definition) is 6. The SMILES string of the molecule is CCN(CC)CC(C)Nc1nc(NC)nc2sc(C)cc12. The lowest BCUT2D eigenvalue weighted by Gasteiger charge is -2.24. The Bertz CT molecular complexity index is 591. The summed E-state index contributed by atoms with van der Waals surface area (Å²) >= 11 is 1.70. The first-order chi connectivity index (χ1) is 10.1. The Morgan fingerprint density at radius 2 is 2.00 bits per heavy atom. The van der Waals surface area contributed by atoms with Gasteiger partial charge in [0.05, 0.1) is 5.39 Å². The third-order valence-corrected chi connectivity index (χ3v) is 4.49. The molecule has 2 aromatic heterocycles. The zero-order valence-electron chi connectivity index (χ0n) is 13.5. The molecular formula is C15H25N5S. The topological polar surface area (TPSA) is 53.1 Å². The average molecular weight is 307 g/mol. The summed E-state index contributed by atoms with van der Waals surface area (Å²) in [4.78, 5) is 13.8. The van der Waals surface area contributed by atoms with Gasteiger partial charge in [0, 0.05) is 24.5 Å². The Morgan fingerprint density at radius 3 is 2.62 bits per heavy atom. The summed E-state index contributed by atoms with van der Waals surface area (Å²) in [7, 11) is 1.85. The Kier molecular flexibility index (Phi) is 5.36. The third-order valence-electron chi connectivity index (χ3n) is 3.55. The highest BCUT2D eigenvalue weighted by atomic mass is 32.1. The second kappa shape index (κ2) is 7.04. The first-order valence-electron chi connectivity index (χ1n) is 7.52. The fourth-order valence-corrected chi connectivity index (χ4v) is 3.29. The molecule has 0 spiro atoms. The van der Waals surface area contributed by atoms with Crippen molar-refractivity contribution in [1.82, 2.24) is 14.9 Å². The van der Waals surface area contributed by atoms with Gasteiger partial charge >= 0.3 is 0 Å². The monoisotopic (exact) mass is 307 g/mol. The maximum absolute atomic E-state index is 4.59. The van der Waals surface area contributed by atoms with E-state index in [-0.39, 0.29) is 0 Å². The highest BCUT2D eigenvalue weighted by Crippen LogP contribution is 2.29. The lowest BCUT2D eigenvalue weighted by molar-refractivity contribution is 0.294. The van der Waals surface area contributed by atoms with Crippen LogP contribution in [0.1, 0.15) is 25.6 Å². The fourth-order valence-electron chi connectivity index (χ4n) is 2.41. The predicted octanol–water partition coefficient (Wildman–Crippen LogP) is 3.18. The van der Waals surface area contributed by atoms with Crippen LogP contribution in [0.2, 0.25) is 0 Å². The number of nitrogens with zero attached hydrogens (tertiary/aromatic N) is 3. The molecule has 2 rings (SSSR count). The van der Waals surface area contributed by atoms with E-state index >= 15 is 0 Å². The molecule has 2 aromatic rings. The van der Waals surface area contributed by atoms with Crippen molar-refractivity contribution in [3.63, 3.8) is 0 Å². The van der Waals surface area contributed by atoms with E-state index in [9.17, 15) is 0 Å². The zero-order valence-corrected chi connectivity index (χ0v) is 14.3. The highest BCUT2D eigenvalue weighted by molar-refractivity contribution is 7.18. The van der Waals surface area contributed by atoms with Crippen molar-refractivity contribution in [2.45, 2.75) is 33.7 Å². The van der Waals surface area contributed by atoms with Crippen LogP contribution in [0, 0.1) is 6.92 Å². The van der Waals surface area contributed by atoms with Gasteiger partial charge in [-0.1, -0.05) is 13.8 Å². The van der Waals surface area contributed by atoms with E-state index in [1.165, 1.54) is 4.88 Å². The molecule has 0 bridgehead atoms. The molecule has 1 atom stereocenters. The van der Waals surface area contributed by atoms with Crippen LogP contribution in [-0.4, -0.2) is 47.6 Å². The Balaban J connectivity index is 2.24. The van der Waals surface area contributed by atoms with Gasteiger partial charge in [0.2, 0.25) is 5.95 Å². The van der Waals surface area contributed by atoms with Crippen molar-refractivity contribution >= 4 is 33.3 Å². The van der Waals surface area contributed by atoms with Crippen molar-refractivity contribution in [2.75, 3.05) is 37.3 Å². The van der Waals surface area contributed by atoms with Gasteiger partial charge in [0.25, 0.3) is 0 Å². The molecule has 5 nitrogen and oxygen atoms in total. The fraction of sp³-hybridized carbons (Fsp3) is 0.600. The summed E-state index contributed by atoms with van der Waals surface area (Å²) < 4.78 is 0. The number of nitrogens with one attached hydrogen (secondary N) is 2. The van der Waals surface area contributed by atoms with Gasteiger partial charge in [-0.15, -0.1) is 11.3 Å². The van der Waals surface area contributed by atoms with Crippen LogP contribution in [0.15, 0.2) is 6.07 Å². The second-order valence-electron chi connectivity index (χ2n) is 5.25. The molecule has 0 aliphatic heterocycles. The summed E-state index contributed by atoms with van der Waals surface area (Å²) in [5, 5.41) is 7.70. The molecule has 0 aromatic carbocycles. The quantitative estimate of drug-likeness (QED) is 0.823. The molecular weight excluding hydrogens is 282 g/mol. The van der Waals surface area contributed by atoms with Crippen molar-refractivity contribution in [1.29, 1.82) is 0 Å². The van der Waals surface area contributed by atoms with Gasteiger partial charge in [-0.05, 0) is 33.0 Å². The molecule has 116 valence electrons. The molecule has 6 heteroatoms. The number of hydrogen-bond donors (Lipinski definition) is 2. The maximum Gasteiger partial charge on any atom is 0.225 e. The van der Waals surface area contributed by atoms with Gasteiger partial charge < -0.3 is 15.5 Å². The van der Waals surface area contributed by atoms with E-state index in [1.807, 2.05) is 7.05 Å². The number of fused-ring (bicyclic) bond motifs is 1. The number of anilines is 2. The van der Waals surface area contributed by atoms with Crippen molar-refractivity contribution in [2.24, 2.45) is 0 Å². The van der Waals surface area contributed by atoms with Crippen molar-refractivity contribution < 1.29 is 0 Å². The van der Waals surface area contributed by atoms with Crippen LogP contribution in [-0.2, 0) is 0 Å². The molecule has 1 unspecified atom stereocenters. The highest BCUT2D eigenvalue weighted by Gasteiger charge is 2.13. The molecule has 0 saturated carbocycles. The van der Waals surface area contributed by atoms with Crippen LogP contribution >= 0.6 is 11.3 Å². The van der Waals surface area contributed by atoms with Gasteiger partial charge in [-0.2, -0.15) is 4.98 Å². The molecule has 2 heterocycles. The van der Waals surface area contributed by atoms with Crippen molar-refractivity contribution in [3.05, 3.63) is 10.9 Å². The first kappa shape index (κ1) is 16.0. The largest absolute Gasteiger partial charge is 0.366 e. The number of likely N-dealkylation sites (N-methyl/N-ethyl adjacent to an activating group) is 1. The molecule has 0 amide bonds. The minimum atomic E-state index is 0.341. The van der Waals surface area contributed by atoms with Crippen LogP contribution in [0.3, 0.4) is 0 Å². The second-order valence-corrected chi connectivity index (χ2v) is 6.49. The summed E-state index contributed by atoms with van der Waals surface area (Å²) in [5.41, 5.74) is 0. The zero-order chi connectivity index (χ0) is 15.4. The smallest absolute Gasteiger partial charge is 0.225 e. The van der Waals surface area contributed by atoms with Gasteiger partial charge in [-0.25, -0.2) is 4.98 Å². The molecule has 2 N–H and O–H groups in total. The predicted molar refractivity (Wildman–Crippen MR) is 92.6 cm³/mol. The summed E-state index contributed by atoms with van der Waals surface area (Å²) in [6, 6.07) is 2.50. The normalized spacial score (nSPS) is 12.9. The molecule has 0 fully saturated rings. The van der Waals surface area contributed by atoms with Crippen molar-refractivity contribution in [3.8, 4) is 0 Å². The summed E-state index contributed by atoms with van der Waals surface area (Å²) in [6.45, 7) is 11.8. The Morgan fingerprint density at radius 1 is 1.29 bits per heavy atom. The van der Waals surface area contributed by atoms with E-state index < -0.39 is 0 Å². The molecule has 0 aliphatic carbocycles. The lowest BCUT2D eigenvalue weighted by Crippen LogP contribution is -2.35. The standard InChI is InChI=1S/C15H25N5S/c1-6-20(7-2)9-10(3)17-13-12-8-11(4)21-14(12)19-15(16-5)18-13/h8,10H,6-7,9H2,1-5H3,(H2,16,17,18,19). The number of aromatic nitrogens is 2. The third kappa shape index (κ3) is 3.83. The average Bonchev–Trinajstić information content (AvgIpc) is 2.85. The van der Waals surface area contributed by atoms with E-state index in [1.54, 1.807) is 11.3 Å². The molecule has 21 heavy (non-hydrogen) atoms. The number of thiophene rings is 1. The number of rotatable bonds is 7. The van der Waals surface area contributed by atoms with Gasteiger partial charge in [0.15, 0.2) is 0 Å². The minimum absolute atomic E-state index is 0.341. The molecule has 0 aliphatic rings. The minimum Gasteiger partial charge on any atom is -0.366 e.